The summed E-state index contributed by atoms with van der Waals surface area (Å²) in [6.07, 6.45) is 2.32. The number of anilines is 1. The SMILES string of the molecule is Cc1cc(N(CC(=O)O)CC2CC2)ccc1C(N)=O. The van der Waals surface area contributed by atoms with Crippen molar-refractivity contribution in [3.05, 3.63) is 29.3 Å². The van der Waals surface area contributed by atoms with Crippen LogP contribution in [0.15, 0.2) is 18.2 Å². The predicted octanol–water partition coefficient (Wildman–Crippen LogP) is 1.39. The number of primary amides is 1. The van der Waals surface area contributed by atoms with E-state index in [2.05, 4.69) is 0 Å². The van der Waals surface area contributed by atoms with E-state index in [1.807, 2.05) is 11.0 Å². The highest BCUT2D eigenvalue weighted by molar-refractivity contribution is 5.94. The lowest BCUT2D eigenvalue weighted by molar-refractivity contribution is -0.135. The van der Waals surface area contributed by atoms with Crippen LogP contribution in [0.2, 0.25) is 0 Å². The van der Waals surface area contributed by atoms with Crippen LogP contribution in [0, 0.1) is 12.8 Å². The van der Waals surface area contributed by atoms with Crippen molar-refractivity contribution in [2.45, 2.75) is 19.8 Å². The van der Waals surface area contributed by atoms with Crippen LogP contribution < -0.4 is 10.6 Å². The fourth-order valence-corrected chi connectivity index (χ4v) is 2.16. The third-order valence-corrected chi connectivity index (χ3v) is 3.34. The van der Waals surface area contributed by atoms with Crippen LogP contribution in [-0.2, 0) is 4.79 Å². The molecule has 0 aliphatic heterocycles. The molecular weight excluding hydrogens is 244 g/mol. The van der Waals surface area contributed by atoms with Crippen molar-refractivity contribution in [1.29, 1.82) is 0 Å². The normalized spacial score (nSPS) is 14.2. The van der Waals surface area contributed by atoms with Gasteiger partial charge in [-0.3, -0.25) is 9.59 Å². The molecule has 0 spiro atoms. The fourth-order valence-electron chi connectivity index (χ4n) is 2.16. The number of carbonyl (C=O) groups excluding carboxylic acids is 1. The highest BCUT2D eigenvalue weighted by Crippen LogP contribution is 2.31. The minimum atomic E-state index is -0.850. The summed E-state index contributed by atoms with van der Waals surface area (Å²) < 4.78 is 0. The third kappa shape index (κ3) is 3.47. The van der Waals surface area contributed by atoms with E-state index in [9.17, 15) is 9.59 Å². The van der Waals surface area contributed by atoms with E-state index >= 15 is 0 Å². The van der Waals surface area contributed by atoms with Gasteiger partial charge in [0.05, 0.1) is 0 Å². The first-order valence-electron chi connectivity index (χ1n) is 6.34. The molecule has 1 saturated carbocycles. The van der Waals surface area contributed by atoms with Gasteiger partial charge in [0.1, 0.15) is 6.54 Å². The van der Waals surface area contributed by atoms with Gasteiger partial charge >= 0.3 is 5.97 Å². The van der Waals surface area contributed by atoms with Crippen LogP contribution in [0.5, 0.6) is 0 Å². The van der Waals surface area contributed by atoms with Crippen molar-refractivity contribution in [2.75, 3.05) is 18.0 Å². The second-order valence-electron chi connectivity index (χ2n) is 5.08. The number of carboxylic acid groups (broad SMARTS) is 1. The van der Waals surface area contributed by atoms with Crippen molar-refractivity contribution in [3.63, 3.8) is 0 Å². The van der Waals surface area contributed by atoms with Gasteiger partial charge in [-0.1, -0.05) is 0 Å². The Balaban J connectivity index is 2.22. The molecule has 19 heavy (non-hydrogen) atoms. The van der Waals surface area contributed by atoms with Gasteiger partial charge in [-0.25, -0.2) is 0 Å². The maximum atomic E-state index is 11.2. The van der Waals surface area contributed by atoms with Gasteiger partial charge in [0, 0.05) is 17.8 Å². The van der Waals surface area contributed by atoms with E-state index in [-0.39, 0.29) is 6.54 Å². The number of benzene rings is 1. The quantitative estimate of drug-likeness (QED) is 0.811. The average Bonchev–Trinajstić information content (AvgIpc) is 3.10. The third-order valence-electron chi connectivity index (χ3n) is 3.34. The Hall–Kier alpha value is -2.04. The summed E-state index contributed by atoms with van der Waals surface area (Å²) >= 11 is 0. The molecule has 5 nitrogen and oxygen atoms in total. The molecular formula is C14H18N2O3. The minimum Gasteiger partial charge on any atom is -0.480 e. The first-order valence-corrected chi connectivity index (χ1v) is 6.34. The number of carbonyl (C=O) groups is 2. The number of nitrogens with two attached hydrogens (primary N) is 1. The smallest absolute Gasteiger partial charge is 0.323 e. The predicted molar refractivity (Wildman–Crippen MR) is 72.3 cm³/mol. The van der Waals surface area contributed by atoms with Crippen LogP contribution in [0.1, 0.15) is 28.8 Å². The van der Waals surface area contributed by atoms with E-state index in [1.54, 1.807) is 19.1 Å². The number of nitrogens with zero attached hydrogens (tertiary/aromatic N) is 1. The fraction of sp³-hybridized carbons (Fsp3) is 0.429. The molecule has 3 N–H and O–H groups in total. The Labute approximate surface area is 112 Å². The highest BCUT2D eigenvalue weighted by atomic mass is 16.4. The summed E-state index contributed by atoms with van der Waals surface area (Å²) in [6, 6.07) is 5.25. The van der Waals surface area contributed by atoms with Gasteiger partial charge in [-0.15, -0.1) is 0 Å². The van der Waals surface area contributed by atoms with Gasteiger partial charge in [0.2, 0.25) is 5.91 Å². The maximum absolute atomic E-state index is 11.2. The van der Waals surface area contributed by atoms with Gasteiger partial charge in [0.25, 0.3) is 0 Å². The molecule has 1 aromatic carbocycles. The first kappa shape index (κ1) is 13.4. The molecule has 0 atom stereocenters. The number of aryl methyl sites for hydroxylation is 1. The maximum Gasteiger partial charge on any atom is 0.323 e. The van der Waals surface area contributed by atoms with Crippen molar-refractivity contribution in [1.82, 2.24) is 0 Å². The molecule has 1 aromatic rings. The Morgan fingerprint density at radius 1 is 1.42 bits per heavy atom. The Morgan fingerprint density at radius 3 is 2.58 bits per heavy atom. The van der Waals surface area contributed by atoms with Crippen LogP contribution >= 0.6 is 0 Å². The van der Waals surface area contributed by atoms with Crippen LogP contribution in [0.3, 0.4) is 0 Å². The molecule has 2 rings (SSSR count). The lowest BCUT2D eigenvalue weighted by Crippen LogP contribution is -2.31. The van der Waals surface area contributed by atoms with E-state index in [1.165, 1.54) is 0 Å². The summed E-state index contributed by atoms with van der Waals surface area (Å²) in [5, 5.41) is 8.97. The Bertz CT molecular complexity index is 509. The van der Waals surface area contributed by atoms with E-state index in [4.69, 9.17) is 10.8 Å². The number of aliphatic carboxylic acids is 1. The lowest BCUT2D eigenvalue weighted by atomic mass is 10.1. The van der Waals surface area contributed by atoms with Gasteiger partial charge < -0.3 is 15.7 Å². The zero-order valence-corrected chi connectivity index (χ0v) is 10.9. The van der Waals surface area contributed by atoms with Crippen LogP contribution in [-0.4, -0.2) is 30.1 Å². The molecule has 102 valence electrons. The van der Waals surface area contributed by atoms with Crippen LogP contribution in [0.4, 0.5) is 5.69 Å². The zero-order chi connectivity index (χ0) is 14.0. The first-order chi connectivity index (χ1) is 8.97. The second-order valence-corrected chi connectivity index (χ2v) is 5.08. The largest absolute Gasteiger partial charge is 0.480 e. The standard InChI is InChI=1S/C14H18N2O3/c1-9-6-11(4-5-12(9)14(15)19)16(8-13(17)18)7-10-2-3-10/h4-6,10H,2-3,7-8H2,1H3,(H2,15,19)(H,17,18). The summed E-state index contributed by atoms with van der Waals surface area (Å²) in [6.45, 7) is 2.53. The van der Waals surface area contributed by atoms with Crippen LogP contribution in [0.25, 0.3) is 0 Å². The number of hydrogen-bond acceptors (Lipinski definition) is 3. The highest BCUT2D eigenvalue weighted by Gasteiger charge is 2.25. The molecule has 0 aromatic heterocycles. The molecule has 5 heteroatoms. The number of amides is 1. The lowest BCUT2D eigenvalue weighted by Gasteiger charge is -2.23. The monoisotopic (exact) mass is 262 g/mol. The molecule has 1 amide bonds. The van der Waals surface area contributed by atoms with E-state index in [0.29, 0.717) is 11.5 Å². The van der Waals surface area contributed by atoms with E-state index < -0.39 is 11.9 Å². The Kier molecular flexibility index (Phi) is 3.74. The van der Waals surface area contributed by atoms with E-state index in [0.717, 1.165) is 30.6 Å². The molecule has 0 heterocycles. The minimum absolute atomic E-state index is 0.0220. The molecule has 1 fully saturated rings. The molecule has 0 unspecified atom stereocenters. The second kappa shape index (κ2) is 5.30. The van der Waals surface area contributed by atoms with Gasteiger partial charge in [0.15, 0.2) is 0 Å². The summed E-state index contributed by atoms with van der Waals surface area (Å²) in [5.74, 6) is -0.719. The summed E-state index contributed by atoms with van der Waals surface area (Å²) in [4.78, 5) is 24.0. The topological polar surface area (TPSA) is 83.6 Å². The number of hydrogen-bond donors (Lipinski definition) is 2. The van der Waals surface area contributed by atoms with Crippen molar-refractivity contribution in [2.24, 2.45) is 11.7 Å². The zero-order valence-electron chi connectivity index (χ0n) is 10.9. The van der Waals surface area contributed by atoms with Gasteiger partial charge in [-0.05, 0) is 49.4 Å². The van der Waals surface area contributed by atoms with Crippen molar-refractivity contribution in [3.8, 4) is 0 Å². The summed E-state index contributed by atoms with van der Waals surface area (Å²) in [7, 11) is 0. The Morgan fingerprint density at radius 2 is 2.11 bits per heavy atom. The molecule has 0 saturated heterocycles. The molecule has 0 bridgehead atoms. The van der Waals surface area contributed by atoms with Crippen molar-refractivity contribution >= 4 is 17.6 Å². The molecule has 1 aliphatic carbocycles. The van der Waals surface area contributed by atoms with Gasteiger partial charge in [-0.2, -0.15) is 0 Å². The number of rotatable bonds is 6. The molecule has 1 aliphatic rings. The summed E-state index contributed by atoms with van der Waals surface area (Å²) in [5.41, 5.74) is 7.35. The van der Waals surface area contributed by atoms with Crippen molar-refractivity contribution < 1.29 is 14.7 Å². The molecule has 0 radical (unpaired) electrons. The number of carboxylic acids is 1. The average molecular weight is 262 g/mol.